The van der Waals surface area contributed by atoms with E-state index < -0.39 is 5.97 Å². The zero-order valence-corrected chi connectivity index (χ0v) is 11.6. The molecule has 0 aromatic heterocycles. The average molecular weight is 256 g/mol. The van der Waals surface area contributed by atoms with Crippen molar-refractivity contribution in [1.29, 1.82) is 0 Å². The van der Waals surface area contributed by atoms with Gasteiger partial charge in [-0.3, -0.25) is 4.79 Å². The maximum Gasteiger partial charge on any atom is 0.319 e. The molecule has 0 radical (unpaired) electrons. The number of urea groups is 1. The molecule has 0 aliphatic carbocycles. The quantitative estimate of drug-likeness (QED) is 0.818. The van der Waals surface area contributed by atoms with Crippen molar-refractivity contribution in [2.24, 2.45) is 5.92 Å². The Balaban J connectivity index is 2.41. The van der Waals surface area contributed by atoms with Crippen molar-refractivity contribution < 1.29 is 14.7 Å². The Labute approximate surface area is 109 Å². The number of hydrogen-bond donors (Lipinski definition) is 1. The van der Waals surface area contributed by atoms with Gasteiger partial charge < -0.3 is 14.9 Å². The topological polar surface area (TPSA) is 60.9 Å². The highest BCUT2D eigenvalue weighted by molar-refractivity contribution is 5.74. The molecule has 2 amide bonds. The van der Waals surface area contributed by atoms with Crippen molar-refractivity contribution >= 4 is 12.0 Å². The lowest BCUT2D eigenvalue weighted by molar-refractivity contribution is -0.137. The second-order valence-electron chi connectivity index (χ2n) is 5.18. The molecular weight excluding hydrogens is 232 g/mol. The van der Waals surface area contributed by atoms with Gasteiger partial charge in [0.05, 0.1) is 0 Å². The molecule has 5 nitrogen and oxygen atoms in total. The minimum Gasteiger partial charge on any atom is -0.481 e. The molecular formula is C13H24N2O3. The third kappa shape index (κ3) is 3.89. The lowest BCUT2D eigenvalue weighted by atomic mass is 10.0. The Hall–Kier alpha value is -1.26. The second-order valence-corrected chi connectivity index (χ2v) is 5.18. The number of rotatable bonds is 5. The van der Waals surface area contributed by atoms with E-state index >= 15 is 0 Å². The van der Waals surface area contributed by atoms with E-state index in [1.807, 2.05) is 18.9 Å². The fraction of sp³-hybridized carbons (Fsp3) is 0.846. The largest absolute Gasteiger partial charge is 0.481 e. The summed E-state index contributed by atoms with van der Waals surface area (Å²) in [5, 5.41) is 8.65. The van der Waals surface area contributed by atoms with Crippen molar-refractivity contribution in [3.63, 3.8) is 0 Å². The maximum absolute atomic E-state index is 12.2. The minimum atomic E-state index is -0.753. The molecule has 0 bridgehead atoms. The van der Waals surface area contributed by atoms with E-state index in [4.69, 9.17) is 5.11 Å². The summed E-state index contributed by atoms with van der Waals surface area (Å²) < 4.78 is 0. The first-order chi connectivity index (χ1) is 8.45. The van der Waals surface area contributed by atoms with Gasteiger partial charge in [-0.2, -0.15) is 0 Å². The van der Waals surface area contributed by atoms with Crippen LogP contribution in [0.15, 0.2) is 0 Å². The van der Waals surface area contributed by atoms with Gasteiger partial charge in [0.15, 0.2) is 0 Å². The summed E-state index contributed by atoms with van der Waals surface area (Å²) in [5.74, 6) is -0.410. The summed E-state index contributed by atoms with van der Waals surface area (Å²) in [6.45, 7) is 5.56. The van der Waals surface area contributed by atoms with Gasteiger partial charge >= 0.3 is 12.0 Å². The minimum absolute atomic E-state index is 0.0715. The monoisotopic (exact) mass is 256 g/mol. The Morgan fingerprint density at radius 2 is 2.17 bits per heavy atom. The molecule has 104 valence electrons. The predicted octanol–water partition coefficient (Wildman–Crippen LogP) is 2.02. The lowest BCUT2D eigenvalue weighted by Crippen LogP contribution is -2.43. The summed E-state index contributed by atoms with van der Waals surface area (Å²) in [4.78, 5) is 26.3. The van der Waals surface area contributed by atoms with Crippen LogP contribution in [0.1, 0.15) is 39.5 Å². The third-order valence-electron chi connectivity index (χ3n) is 3.88. The van der Waals surface area contributed by atoms with Crippen molar-refractivity contribution in [3.05, 3.63) is 0 Å². The lowest BCUT2D eigenvalue weighted by Gasteiger charge is -2.29. The standard InChI is InChI=1S/C13H24N2O3/c1-4-10(2)14(3)13(18)15-8-7-11(9-15)5-6-12(16)17/h10-11H,4-9H2,1-3H3,(H,16,17). The molecule has 1 aliphatic rings. The predicted molar refractivity (Wildman–Crippen MR) is 69.5 cm³/mol. The van der Waals surface area contributed by atoms with Crippen LogP contribution in [-0.4, -0.2) is 53.1 Å². The Bertz CT molecular complexity index is 307. The van der Waals surface area contributed by atoms with E-state index in [1.54, 1.807) is 4.90 Å². The number of carboxylic acid groups (broad SMARTS) is 1. The molecule has 0 aromatic rings. The van der Waals surface area contributed by atoms with Gasteiger partial charge in [-0.15, -0.1) is 0 Å². The molecule has 2 unspecified atom stereocenters. The number of carbonyl (C=O) groups is 2. The zero-order chi connectivity index (χ0) is 13.7. The van der Waals surface area contributed by atoms with Gasteiger partial charge in [-0.1, -0.05) is 6.92 Å². The number of carboxylic acids is 1. The van der Waals surface area contributed by atoms with Crippen LogP contribution in [0.2, 0.25) is 0 Å². The average Bonchev–Trinajstić information content (AvgIpc) is 2.82. The van der Waals surface area contributed by atoms with Crippen LogP contribution in [-0.2, 0) is 4.79 Å². The number of amides is 2. The third-order valence-corrected chi connectivity index (χ3v) is 3.88. The van der Waals surface area contributed by atoms with Crippen molar-refractivity contribution in [2.75, 3.05) is 20.1 Å². The second kappa shape index (κ2) is 6.61. The number of aliphatic carboxylic acids is 1. The maximum atomic E-state index is 12.2. The molecule has 1 aliphatic heterocycles. The molecule has 1 N–H and O–H groups in total. The summed E-state index contributed by atoms with van der Waals surface area (Å²) in [6.07, 6.45) is 2.74. The van der Waals surface area contributed by atoms with E-state index in [2.05, 4.69) is 6.92 Å². The van der Waals surface area contributed by atoms with Crippen molar-refractivity contribution in [1.82, 2.24) is 9.80 Å². The van der Waals surface area contributed by atoms with Crippen molar-refractivity contribution in [3.8, 4) is 0 Å². The fourth-order valence-electron chi connectivity index (χ4n) is 2.26. The molecule has 1 rings (SSSR count). The van der Waals surface area contributed by atoms with Gasteiger partial charge in [-0.05, 0) is 32.1 Å². The van der Waals surface area contributed by atoms with Crippen molar-refractivity contribution in [2.45, 2.75) is 45.6 Å². The number of likely N-dealkylation sites (tertiary alicyclic amines) is 1. The summed E-state index contributed by atoms with van der Waals surface area (Å²) in [5.41, 5.74) is 0. The molecule has 18 heavy (non-hydrogen) atoms. The first-order valence-electron chi connectivity index (χ1n) is 6.69. The van der Waals surface area contributed by atoms with E-state index in [-0.39, 0.29) is 18.5 Å². The van der Waals surface area contributed by atoms with Crippen LogP contribution in [0.5, 0.6) is 0 Å². The van der Waals surface area contributed by atoms with Gasteiger partial charge in [0.25, 0.3) is 0 Å². The fourth-order valence-corrected chi connectivity index (χ4v) is 2.26. The van der Waals surface area contributed by atoms with Crippen LogP contribution in [0, 0.1) is 5.92 Å². The molecule has 2 atom stereocenters. The van der Waals surface area contributed by atoms with Gasteiger partial charge in [0.1, 0.15) is 0 Å². The Morgan fingerprint density at radius 1 is 1.50 bits per heavy atom. The normalized spacial score (nSPS) is 20.8. The van der Waals surface area contributed by atoms with Crippen LogP contribution in [0.4, 0.5) is 4.79 Å². The van der Waals surface area contributed by atoms with E-state index in [0.29, 0.717) is 18.9 Å². The van der Waals surface area contributed by atoms with Gasteiger partial charge in [-0.25, -0.2) is 4.79 Å². The highest BCUT2D eigenvalue weighted by Gasteiger charge is 2.29. The Kier molecular flexibility index (Phi) is 5.44. The van der Waals surface area contributed by atoms with E-state index in [9.17, 15) is 9.59 Å². The number of hydrogen-bond acceptors (Lipinski definition) is 2. The molecule has 5 heteroatoms. The summed E-state index contributed by atoms with van der Waals surface area (Å²) in [6, 6.07) is 0.317. The number of carbonyl (C=O) groups excluding carboxylic acids is 1. The first kappa shape index (κ1) is 14.8. The molecule has 0 saturated carbocycles. The summed E-state index contributed by atoms with van der Waals surface area (Å²) >= 11 is 0. The van der Waals surface area contributed by atoms with Crippen LogP contribution >= 0.6 is 0 Å². The highest BCUT2D eigenvalue weighted by atomic mass is 16.4. The van der Waals surface area contributed by atoms with Crippen LogP contribution in [0.25, 0.3) is 0 Å². The molecule has 1 heterocycles. The van der Waals surface area contributed by atoms with Gasteiger partial charge in [0, 0.05) is 32.6 Å². The molecule has 1 fully saturated rings. The van der Waals surface area contributed by atoms with E-state index in [0.717, 1.165) is 19.4 Å². The Morgan fingerprint density at radius 3 is 2.72 bits per heavy atom. The van der Waals surface area contributed by atoms with Crippen LogP contribution in [0.3, 0.4) is 0 Å². The number of nitrogens with zero attached hydrogens (tertiary/aromatic N) is 2. The SMILES string of the molecule is CCC(C)N(C)C(=O)N1CCC(CCC(=O)O)C1. The highest BCUT2D eigenvalue weighted by Crippen LogP contribution is 2.22. The first-order valence-corrected chi connectivity index (χ1v) is 6.69. The summed E-state index contributed by atoms with van der Waals surface area (Å²) in [7, 11) is 1.83. The smallest absolute Gasteiger partial charge is 0.319 e. The zero-order valence-electron chi connectivity index (χ0n) is 11.6. The molecule has 0 aromatic carbocycles. The molecule has 0 spiro atoms. The van der Waals surface area contributed by atoms with E-state index in [1.165, 1.54) is 0 Å². The van der Waals surface area contributed by atoms with Crippen LogP contribution < -0.4 is 0 Å². The van der Waals surface area contributed by atoms with Gasteiger partial charge in [0.2, 0.25) is 0 Å². The molecule has 1 saturated heterocycles.